The van der Waals surface area contributed by atoms with Crippen molar-refractivity contribution in [1.29, 1.82) is 0 Å². The van der Waals surface area contributed by atoms with Gasteiger partial charge in [-0.05, 0) is 67.2 Å². The zero-order chi connectivity index (χ0) is 18.4. The number of rotatable bonds is 6. The van der Waals surface area contributed by atoms with E-state index in [0.29, 0.717) is 6.42 Å². The van der Waals surface area contributed by atoms with E-state index in [1.165, 1.54) is 37.0 Å². The van der Waals surface area contributed by atoms with Gasteiger partial charge in [0.25, 0.3) is 0 Å². The zero-order valence-electron chi connectivity index (χ0n) is 15.4. The Labute approximate surface area is 155 Å². The molecule has 1 aliphatic heterocycles. The zero-order valence-corrected chi connectivity index (χ0v) is 15.4. The molecule has 0 aromatic heterocycles. The minimum Gasteiger partial charge on any atom is -0.326 e. The van der Waals surface area contributed by atoms with E-state index in [9.17, 15) is 9.18 Å². The van der Waals surface area contributed by atoms with Gasteiger partial charge in [-0.15, -0.1) is 0 Å². The molecule has 26 heavy (non-hydrogen) atoms. The van der Waals surface area contributed by atoms with E-state index >= 15 is 0 Å². The second-order valence-electron chi connectivity index (χ2n) is 7.24. The van der Waals surface area contributed by atoms with E-state index in [-0.39, 0.29) is 17.6 Å². The first-order chi connectivity index (χ1) is 12.6. The lowest BCUT2D eigenvalue weighted by Gasteiger charge is -2.26. The number of halogens is 1. The summed E-state index contributed by atoms with van der Waals surface area (Å²) in [5.41, 5.74) is 3.05. The van der Waals surface area contributed by atoms with Crippen LogP contribution in [0.15, 0.2) is 48.5 Å². The SMILES string of the molecule is CC(CC(=O)Nc1cccc(CN2CCCCC2)c1)c1ccc(F)cc1. The summed E-state index contributed by atoms with van der Waals surface area (Å²) < 4.78 is 13.0. The maximum Gasteiger partial charge on any atom is 0.224 e. The number of carbonyl (C=O) groups is 1. The van der Waals surface area contributed by atoms with Gasteiger partial charge in [0.15, 0.2) is 0 Å². The third kappa shape index (κ3) is 5.40. The van der Waals surface area contributed by atoms with Gasteiger partial charge in [-0.2, -0.15) is 0 Å². The van der Waals surface area contributed by atoms with Gasteiger partial charge in [0.05, 0.1) is 0 Å². The lowest BCUT2D eigenvalue weighted by molar-refractivity contribution is -0.116. The number of piperidine rings is 1. The molecule has 1 unspecified atom stereocenters. The van der Waals surface area contributed by atoms with Crippen molar-refractivity contribution in [1.82, 2.24) is 4.90 Å². The summed E-state index contributed by atoms with van der Waals surface area (Å²) in [5.74, 6) is -0.222. The number of carbonyl (C=O) groups excluding carboxylic acids is 1. The molecule has 138 valence electrons. The summed E-state index contributed by atoms with van der Waals surface area (Å²) in [5, 5.41) is 3.00. The number of nitrogens with zero attached hydrogens (tertiary/aromatic N) is 1. The molecule has 0 aliphatic carbocycles. The molecule has 0 saturated carbocycles. The number of likely N-dealkylation sites (tertiary alicyclic amines) is 1. The quantitative estimate of drug-likeness (QED) is 0.796. The standard InChI is InChI=1S/C22H27FN2O/c1-17(19-8-10-20(23)11-9-19)14-22(26)24-21-7-5-6-18(15-21)16-25-12-3-2-4-13-25/h5-11,15,17H,2-4,12-14,16H2,1H3,(H,24,26). The van der Waals surface area contributed by atoms with Gasteiger partial charge in [0.1, 0.15) is 5.82 Å². The second-order valence-corrected chi connectivity index (χ2v) is 7.24. The van der Waals surface area contributed by atoms with Crippen LogP contribution in [-0.2, 0) is 11.3 Å². The molecule has 1 aliphatic rings. The van der Waals surface area contributed by atoms with Gasteiger partial charge in [-0.3, -0.25) is 9.69 Å². The van der Waals surface area contributed by atoms with Crippen LogP contribution in [0.2, 0.25) is 0 Å². The fourth-order valence-corrected chi connectivity index (χ4v) is 3.52. The molecule has 2 aromatic rings. The molecule has 1 heterocycles. The van der Waals surface area contributed by atoms with Crippen molar-refractivity contribution in [3.63, 3.8) is 0 Å². The molecule has 1 saturated heterocycles. The maximum atomic E-state index is 13.0. The number of anilines is 1. The molecule has 0 bridgehead atoms. The van der Waals surface area contributed by atoms with Gasteiger partial charge in [0, 0.05) is 18.7 Å². The molecule has 4 heteroatoms. The highest BCUT2D eigenvalue weighted by molar-refractivity contribution is 5.91. The van der Waals surface area contributed by atoms with Crippen LogP contribution in [0, 0.1) is 5.82 Å². The highest BCUT2D eigenvalue weighted by Gasteiger charge is 2.13. The highest BCUT2D eigenvalue weighted by Crippen LogP contribution is 2.21. The molecule has 3 nitrogen and oxygen atoms in total. The summed E-state index contributed by atoms with van der Waals surface area (Å²) >= 11 is 0. The normalized spacial score (nSPS) is 16.2. The first kappa shape index (κ1) is 18.6. The molecule has 1 fully saturated rings. The van der Waals surface area contributed by atoms with Crippen molar-refractivity contribution in [2.24, 2.45) is 0 Å². The average molecular weight is 354 g/mol. The van der Waals surface area contributed by atoms with Crippen molar-refractivity contribution in [3.8, 4) is 0 Å². The molecular weight excluding hydrogens is 327 g/mol. The van der Waals surface area contributed by atoms with Crippen LogP contribution in [0.5, 0.6) is 0 Å². The van der Waals surface area contributed by atoms with Crippen LogP contribution < -0.4 is 5.32 Å². The van der Waals surface area contributed by atoms with Gasteiger partial charge in [-0.25, -0.2) is 4.39 Å². The minimum absolute atomic E-state index is 0.0167. The largest absolute Gasteiger partial charge is 0.326 e. The Morgan fingerprint density at radius 1 is 1.12 bits per heavy atom. The first-order valence-electron chi connectivity index (χ1n) is 9.47. The monoisotopic (exact) mass is 354 g/mol. The Hall–Kier alpha value is -2.20. The molecule has 1 atom stereocenters. The summed E-state index contributed by atoms with van der Waals surface area (Å²) in [7, 11) is 0. The van der Waals surface area contributed by atoms with Crippen molar-refractivity contribution >= 4 is 11.6 Å². The lowest BCUT2D eigenvalue weighted by Crippen LogP contribution is -2.29. The molecule has 1 amide bonds. The van der Waals surface area contributed by atoms with Gasteiger partial charge < -0.3 is 5.32 Å². The Morgan fingerprint density at radius 2 is 1.85 bits per heavy atom. The number of amides is 1. The Morgan fingerprint density at radius 3 is 2.58 bits per heavy atom. The minimum atomic E-state index is -0.254. The maximum absolute atomic E-state index is 13.0. The predicted octanol–water partition coefficient (Wildman–Crippen LogP) is 4.94. The van der Waals surface area contributed by atoms with Crippen molar-refractivity contribution in [2.45, 2.75) is 45.1 Å². The van der Waals surface area contributed by atoms with Crippen molar-refractivity contribution in [3.05, 3.63) is 65.5 Å². The Bertz CT molecular complexity index is 723. The van der Waals surface area contributed by atoms with Crippen LogP contribution in [-0.4, -0.2) is 23.9 Å². The van der Waals surface area contributed by atoms with Crippen LogP contribution in [0.25, 0.3) is 0 Å². The Balaban J connectivity index is 1.55. The highest BCUT2D eigenvalue weighted by atomic mass is 19.1. The van der Waals surface area contributed by atoms with E-state index < -0.39 is 0 Å². The summed E-state index contributed by atoms with van der Waals surface area (Å²) in [4.78, 5) is 14.8. The number of nitrogens with one attached hydrogen (secondary N) is 1. The van der Waals surface area contributed by atoms with Crippen molar-refractivity contribution < 1.29 is 9.18 Å². The van der Waals surface area contributed by atoms with Crippen LogP contribution >= 0.6 is 0 Å². The van der Waals surface area contributed by atoms with Gasteiger partial charge in [0.2, 0.25) is 5.91 Å². The van der Waals surface area contributed by atoms with Crippen LogP contribution in [0.1, 0.15) is 49.7 Å². The summed E-state index contributed by atoms with van der Waals surface area (Å²) in [6.07, 6.45) is 4.26. The average Bonchev–Trinajstić information content (AvgIpc) is 2.63. The smallest absolute Gasteiger partial charge is 0.224 e. The summed E-state index contributed by atoms with van der Waals surface area (Å²) in [6.45, 7) is 5.24. The Kier molecular flexibility index (Phi) is 6.40. The third-order valence-corrected chi connectivity index (χ3v) is 5.00. The van der Waals surface area contributed by atoms with Crippen LogP contribution in [0.4, 0.5) is 10.1 Å². The van der Waals surface area contributed by atoms with Gasteiger partial charge in [-0.1, -0.05) is 37.6 Å². The number of hydrogen-bond donors (Lipinski definition) is 1. The fraction of sp³-hybridized carbons (Fsp3) is 0.409. The van der Waals surface area contributed by atoms with Gasteiger partial charge >= 0.3 is 0 Å². The predicted molar refractivity (Wildman–Crippen MR) is 104 cm³/mol. The summed E-state index contributed by atoms with van der Waals surface area (Å²) in [6, 6.07) is 14.5. The van der Waals surface area contributed by atoms with E-state index in [1.807, 2.05) is 19.1 Å². The third-order valence-electron chi connectivity index (χ3n) is 5.00. The van der Waals surface area contributed by atoms with E-state index in [1.54, 1.807) is 12.1 Å². The van der Waals surface area contributed by atoms with E-state index in [0.717, 1.165) is 30.9 Å². The molecule has 0 spiro atoms. The topological polar surface area (TPSA) is 32.3 Å². The molecule has 1 N–H and O–H groups in total. The molecular formula is C22H27FN2O. The number of hydrogen-bond acceptors (Lipinski definition) is 2. The molecule has 3 rings (SSSR count). The van der Waals surface area contributed by atoms with Crippen LogP contribution in [0.3, 0.4) is 0 Å². The first-order valence-corrected chi connectivity index (χ1v) is 9.47. The van der Waals surface area contributed by atoms with Crippen molar-refractivity contribution in [2.75, 3.05) is 18.4 Å². The second kappa shape index (κ2) is 8.95. The lowest BCUT2D eigenvalue weighted by atomic mass is 9.97. The molecule has 0 radical (unpaired) electrons. The molecule has 2 aromatic carbocycles. The van der Waals surface area contributed by atoms with E-state index in [4.69, 9.17) is 0 Å². The number of benzene rings is 2. The van der Waals surface area contributed by atoms with E-state index in [2.05, 4.69) is 22.3 Å². The fourth-order valence-electron chi connectivity index (χ4n) is 3.52.